The topological polar surface area (TPSA) is 49.8 Å². The van der Waals surface area contributed by atoms with E-state index in [1.165, 1.54) is 18.2 Å². The van der Waals surface area contributed by atoms with E-state index in [9.17, 15) is 8.78 Å². The molecule has 0 bridgehead atoms. The summed E-state index contributed by atoms with van der Waals surface area (Å²) in [6.07, 6.45) is 0.919. The molecule has 0 radical (unpaired) electrons. The van der Waals surface area contributed by atoms with E-state index in [4.69, 9.17) is 0 Å². The third-order valence-corrected chi connectivity index (χ3v) is 3.06. The van der Waals surface area contributed by atoms with Gasteiger partial charge in [0.05, 0.1) is 0 Å². The van der Waals surface area contributed by atoms with Crippen molar-refractivity contribution in [2.45, 2.75) is 33.2 Å². The van der Waals surface area contributed by atoms with Crippen LogP contribution in [0.5, 0.6) is 0 Å². The highest BCUT2D eigenvalue weighted by Crippen LogP contribution is 2.23. The summed E-state index contributed by atoms with van der Waals surface area (Å²) in [5, 5.41) is 5.81. The van der Waals surface area contributed by atoms with Crippen LogP contribution in [0, 0.1) is 18.6 Å². The smallest absolute Gasteiger partial charge is 0.225 e. The van der Waals surface area contributed by atoms with Gasteiger partial charge in [0.1, 0.15) is 23.1 Å². The van der Waals surface area contributed by atoms with Gasteiger partial charge < -0.3 is 10.6 Å². The molecule has 1 aromatic carbocycles. The molecule has 1 aromatic heterocycles. The zero-order valence-corrected chi connectivity index (χ0v) is 12.2. The number of nitrogens with zero attached hydrogens (tertiary/aromatic N) is 2. The molecular weight excluding hydrogens is 274 g/mol. The predicted molar refractivity (Wildman–Crippen MR) is 79.8 cm³/mol. The van der Waals surface area contributed by atoms with Gasteiger partial charge in [-0.2, -0.15) is 4.98 Å². The number of hydrogen-bond acceptors (Lipinski definition) is 4. The van der Waals surface area contributed by atoms with Gasteiger partial charge in [0.15, 0.2) is 0 Å². The Hall–Kier alpha value is -2.24. The van der Waals surface area contributed by atoms with E-state index in [0.29, 0.717) is 17.5 Å². The number of nitrogens with one attached hydrogen (secondary N) is 2. The minimum Gasteiger partial charge on any atom is -0.352 e. The molecule has 0 aliphatic carbocycles. The monoisotopic (exact) mass is 292 g/mol. The molecule has 0 saturated carbocycles. The van der Waals surface area contributed by atoms with Crippen LogP contribution in [0.25, 0.3) is 0 Å². The molecule has 2 rings (SSSR count). The number of rotatable bonds is 5. The largest absolute Gasteiger partial charge is 0.352 e. The summed E-state index contributed by atoms with van der Waals surface area (Å²) in [5.74, 6) is -0.550. The van der Waals surface area contributed by atoms with E-state index >= 15 is 0 Å². The quantitative estimate of drug-likeness (QED) is 0.874. The third kappa shape index (κ3) is 3.87. The lowest BCUT2D eigenvalue weighted by Crippen LogP contribution is -2.16. The van der Waals surface area contributed by atoms with Gasteiger partial charge in [-0.25, -0.2) is 13.8 Å². The van der Waals surface area contributed by atoms with E-state index in [0.717, 1.165) is 6.42 Å². The number of aryl methyl sites for hydroxylation is 1. The van der Waals surface area contributed by atoms with Crippen molar-refractivity contribution in [3.05, 3.63) is 41.6 Å². The summed E-state index contributed by atoms with van der Waals surface area (Å²) in [6.45, 7) is 5.85. The third-order valence-electron chi connectivity index (χ3n) is 3.06. The summed E-state index contributed by atoms with van der Waals surface area (Å²) in [7, 11) is 0. The van der Waals surface area contributed by atoms with Crippen LogP contribution in [0.15, 0.2) is 24.3 Å². The molecule has 112 valence electrons. The second-order valence-corrected chi connectivity index (χ2v) is 4.89. The number of aromatic nitrogens is 2. The van der Waals surface area contributed by atoms with Crippen LogP contribution < -0.4 is 10.6 Å². The van der Waals surface area contributed by atoms with Crippen molar-refractivity contribution in [3.63, 3.8) is 0 Å². The van der Waals surface area contributed by atoms with Gasteiger partial charge in [0, 0.05) is 17.8 Å². The van der Waals surface area contributed by atoms with E-state index in [1.807, 2.05) is 13.8 Å². The highest BCUT2D eigenvalue weighted by Gasteiger charge is 2.11. The van der Waals surface area contributed by atoms with Gasteiger partial charge in [0.25, 0.3) is 0 Å². The molecule has 21 heavy (non-hydrogen) atoms. The average molecular weight is 292 g/mol. The lowest BCUT2D eigenvalue weighted by Gasteiger charge is -2.14. The first-order valence-electron chi connectivity index (χ1n) is 6.83. The number of anilines is 3. The number of hydrogen-bond donors (Lipinski definition) is 2. The maximum atomic E-state index is 13.6. The standard InChI is InChI=1S/C15H18F2N4/c1-4-9(2)18-15-19-10(3)8-13(21-15)20-14-11(16)6-5-7-12(14)17/h5-9H,4H2,1-3H3,(H2,18,19,20,21). The first kappa shape index (κ1) is 15.2. The van der Waals surface area contributed by atoms with Gasteiger partial charge in [-0.05, 0) is 32.4 Å². The molecule has 0 saturated heterocycles. The average Bonchev–Trinajstić information content (AvgIpc) is 2.42. The number of halogens is 2. The summed E-state index contributed by atoms with van der Waals surface area (Å²) < 4.78 is 27.3. The van der Waals surface area contributed by atoms with Gasteiger partial charge in [-0.15, -0.1) is 0 Å². The van der Waals surface area contributed by atoms with Crippen molar-refractivity contribution < 1.29 is 8.78 Å². The van der Waals surface area contributed by atoms with Crippen molar-refractivity contribution in [1.29, 1.82) is 0 Å². The molecule has 1 unspecified atom stereocenters. The second kappa shape index (κ2) is 6.47. The molecule has 2 aromatic rings. The first-order chi connectivity index (χ1) is 9.99. The van der Waals surface area contributed by atoms with Crippen molar-refractivity contribution in [2.24, 2.45) is 0 Å². The molecule has 2 N–H and O–H groups in total. The fourth-order valence-electron chi connectivity index (χ4n) is 1.76. The van der Waals surface area contributed by atoms with Gasteiger partial charge in [0.2, 0.25) is 5.95 Å². The number of benzene rings is 1. The van der Waals surface area contributed by atoms with Crippen molar-refractivity contribution in [3.8, 4) is 0 Å². The maximum Gasteiger partial charge on any atom is 0.225 e. The highest BCUT2D eigenvalue weighted by molar-refractivity contribution is 5.59. The van der Waals surface area contributed by atoms with Gasteiger partial charge >= 0.3 is 0 Å². The Bertz CT molecular complexity index is 611. The zero-order valence-electron chi connectivity index (χ0n) is 12.2. The molecule has 1 heterocycles. The first-order valence-corrected chi connectivity index (χ1v) is 6.83. The minimum absolute atomic E-state index is 0.213. The van der Waals surface area contributed by atoms with Crippen LogP contribution in [0.3, 0.4) is 0 Å². The number of para-hydroxylation sites is 1. The van der Waals surface area contributed by atoms with Crippen LogP contribution in [0.4, 0.5) is 26.2 Å². The summed E-state index contributed by atoms with van der Waals surface area (Å²) >= 11 is 0. The Balaban J connectivity index is 2.28. The molecule has 1 atom stereocenters. The van der Waals surface area contributed by atoms with Crippen LogP contribution >= 0.6 is 0 Å². The Morgan fingerprint density at radius 1 is 1.19 bits per heavy atom. The molecule has 0 aliphatic heterocycles. The molecule has 0 spiro atoms. The summed E-state index contributed by atoms with van der Waals surface area (Å²) in [4.78, 5) is 8.49. The van der Waals surface area contributed by atoms with Gasteiger partial charge in [-0.3, -0.25) is 0 Å². The van der Waals surface area contributed by atoms with Crippen LogP contribution in [0.2, 0.25) is 0 Å². The fourth-order valence-corrected chi connectivity index (χ4v) is 1.76. The Morgan fingerprint density at radius 2 is 1.86 bits per heavy atom. The summed E-state index contributed by atoms with van der Waals surface area (Å²) in [6, 6.07) is 5.55. The lowest BCUT2D eigenvalue weighted by atomic mass is 10.2. The predicted octanol–water partition coefficient (Wildman–Crippen LogP) is 4.02. The lowest BCUT2D eigenvalue weighted by molar-refractivity contribution is 0.590. The zero-order chi connectivity index (χ0) is 15.4. The molecule has 0 aliphatic rings. The van der Waals surface area contributed by atoms with Crippen LogP contribution in [-0.2, 0) is 0 Å². The van der Waals surface area contributed by atoms with Crippen molar-refractivity contribution in [1.82, 2.24) is 9.97 Å². The van der Waals surface area contributed by atoms with E-state index in [1.54, 1.807) is 13.0 Å². The maximum absolute atomic E-state index is 13.6. The SMILES string of the molecule is CCC(C)Nc1nc(C)cc(Nc2c(F)cccc2F)n1. The molecular formula is C15H18F2N4. The second-order valence-electron chi connectivity index (χ2n) is 4.89. The Labute approximate surface area is 122 Å². The molecule has 4 nitrogen and oxygen atoms in total. The Kier molecular flexibility index (Phi) is 4.67. The van der Waals surface area contributed by atoms with E-state index < -0.39 is 11.6 Å². The van der Waals surface area contributed by atoms with E-state index in [2.05, 4.69) is 20.6 Å². The van der Waals surface area contributed by atoms with Crippen LogP contribution in [-0.4, -0.2) is 16.0 Å². The summed E-state index contributed by atoms with van der Waals surface area (Å²) in [5.41, 5.74) is 0.486. The van der Waals surface area contributed by atoms with Crippen molar-refractivity contribution in [2.75, 3.05) is 10.6 Å². The van der Waals surface area contributed by atoms with Crippen molar-refractivity contribution >= 4 is 17.5 Å². The highest BCUT2D eigenvalue weighted by atomic mass is 19.1. The van der Waals surface area contributed by atoms with Crippen LogP contribution in [0.1, 0.15) is 26.0 Å². The molecule has 0 fully saturated rings. The normalized spacial score (nSPS) is 12.0. The van der Waals surface area contributed by atoms with Gasteiger partial charge in [-0.1, -0.05) is 13.0 Å². The van der Waals surface area contributed by atoms with E-state index in [-0.39, 0.29) is 11.7 Å². The molecule has 0 amide bonds. The Morgan fingerprint density at radius 3 is 2.48 bits per heavy atom. The fraction of sp³-hybridized carbons (Fsp3) is 0.333. The molecule has 6 heteroatoms. The minimum atomic E-state index is -0.664.